The second kappa shape index (κ2) is 7.38. The largest absolute Gasteiger partial charge is 0.374 e. The molecule has 0 radical (unpaired) electrons. The van der Waals surface area contributed by atoms with Gasteiger partial charge in [-0.25, -0.2) is 0 Å². The third-order valence-electron chi connectivity index (χ3n) is 4.30. The van der Waals surface area contributed by atoms with E-state index in [-0.39, 0.29) is 5.60 Å². The fraction of sp³-hybridized carbons (Fsp3) is 1.00. The highest BCUT2D eigenvalue weighted by atomic mass is 16.5. The van der Waals surface area contributed by atoms with Gasteiger partial charge in [-0.3, -0.25) is 0 Å². The first kappa shape index (κ1) is 15.0. The van der Waals surface area contributed by atoms with E-state index in [4.69, 9.17) is 10.5 Å². The second-order valence-corrected chi connectivity index (χ2v) is 6.12. The molecule has 0 spiro atoms. The monoisotopic (exact) mass is 241 g/mol. The van der Waals surface area contributed by atoms with Crippen LogP contribution in [0.2, 0.25) is 0 Å². The molecule has 17 heavy (non-hydrogen) atoms. The van der Waals surface area contributed by atoms with E-state index >= 15 is 0 Å². The van der Waals surface area contributed by atoms with Crippen LogP contribution in [-0.2, 0) is 4.74 Å². The van der Waals surface area contributed by atoms with E-state index in [1.165, 1.54) is 44.9 Å². The minimum atomic E-state index is 0.0165. The maximum absolute atomic E-state index is 6.14. The first-order valence-corrected chi connectivity index (χ1v) is 7.46. The lowest BCUT2D eigenvalue weighted by Crippen LogP contribution is -2.44. The highest BCUT2D eigenvalue weighted by Crippen LogP contribution is 2.35. The fourth-order valence-electron chi connectivity index (χ4n) is 2.80. The molecule has 0 bridgehead atoms. The zero-order valence-corrected chi connectivity index (χ0v) is 12.0. The van der Waals surface area contributed by atoms with Crippen molar-refractivity contribution in [2.24, 2.45) is 17.6 Å². The minimum Gasteiger partial charge on any atom is -0.374 e. The molecule has 2 heteroatoms. The zero-order chi connectivity index (χ0) is 12.7. The molecular formula is C15H31NO. The molecule has 2 nitrogen and oxygen atoms in total. The van der Waals surface area contributed by atoms with E-state index < -0.39 is 0 Å². The summed E-state index contributed by atoms with van der Waals surface area (Å²) in [5.74, 6) is 1.69. The zero-order valence-electron chi connectivity index (χ0n) is 12.0. The van der Waals surface area contributed by atoms with Crippen molar-refractivity contribution in [3.05, 3.63) is 0 Å². The third-order valence-corrected chi connectivity index (χ3v) is 4.30. The van der Waals surface area contributed by atoms with Crippen LogP contribution in [-0.4, -0.2) is 18.8 Å². The van der Waals surface area contributed by atoms with E-state index in [0.29, 0.717) is 6.54 Å². The summed E-state index contributed by atoms with van der Waals surface area (Å²) in [5, 5.41) is 0. The third kappa shape index (κ3) is 4.97. The summed E-state index contributed by atoms with van der Waals surface area (Å²) >= 11 is 0. The van der Waals surface area contributed by atoms with Crippen molar-refractivity contribution >= 4 is 0 Å². The summed E-state index contributed by atoms with van der Waals surface area (Å²) in [4.78, 5) is 0. The molecule has 1 fully saturated rings. The van der Waals surface area contributed by atoms with E-state index in [1.807, 2.05) is 0 Å². The maximum atomic E-state index is 6.14. The van der Waals surface area contributed by atoms with Gasteiger partial charge in [-0.05, 0) is 50.4 Å². The summed E-state index contributed by atoms with van der Waals surface area (Å²) in [5.41, 5.74) is 5.96. The van der Waals surface area contributed by atoms with Gasteiger partial charge in [0.15, 0.2) is 0 Å². The average Bonchev–Trinajstić information content (AvgIpc) is 2.35. The van der Waals surface area contributed by atoms with Gasteiger partial charge >= 0.3 is 0 Å². The van der Waals surface area contributed by atoms with Crippen molar-refractivity contribution in [2.75, 3.05) is 13.2 Å². The normalized spacial score (nSPS) is 29.8. The molecule has 0 atom stereocenters. The molecule has 0 heterocycles. The Labute approximate surface area is 107 Å². The lowest BCUT2D eigenvalue weighted by atomic mass is 9.77. The van der Waals surface area contributed by atoms with Crippen molar-refractivity contribution in [1.29, 1.82) is 0 Å². The second-order valence-electron chi connectivity index (χ2n) is 6.12. The summed E-state index contributed by atoms with van der Waals surface area (Å²) in [6, 6.07) is 0. The van der Waals surface area contributed by atoms with Crippen LogP contribution in [0.4, 0.5) is 0 Å². The predicted octanol–water partition coefficient (Wildman–Crippen LogP) is 3.74. The van der Waals surface area contributed by atoms with Crippen molar-refractivity contribution in [2.45, 2.75) is 71.3 Å². The van der Waals surface area contributed by atoms with E-state index in [1.54, 1.807) is 0 Å². The Morgan fingerprint density at radius 2 is 1.94 bits per heavy atom. The molecular weight excluding hydrogens is 210 g/mol. The van der Waals surface area contributed by atoms with Crippen LogP contribution < -0.4 is 5.73 Å². The fourth-order valence-corrected chi connectivity index (χ4v) is 2.80. The molecule has 1 aliphatic carbocycles. The first-order chi connectivity index (χ1) is 8.12. The number of hydrogen-bond donors (Lipinski definition) is 1. The van der Waals surface area contributed by atoms with E-state index in [2.05, 4.69) is 20.8 Å². The minimum absolute atomic E-state index is 0.0165. The Morgan fingerprint density at radius 3 is 2.41 bits per heavy atom. The van der Waals surface area contributed by atoms with Gasteiger partial charge in [0.25, 0.3) is 0 Å². The molecule has 0 saturated heterocycles. The van der Waals surface area contributed by atoms with Gasteiger partial charge in [0.1, 0.15) is 0 Å². The van der Waals surface area contributed by atoms with Crippen LogP contribution in [0.1, 0.15) is 65.7 Å². The van der Waals surface area contributed by atoms with Crippen LogP contribution in [0.5, 0.6) is 0 Å². The Bertz CT molecular complexity index is 195. The molecule has 1 rings (SSSR count). The highest BCUT2D eigenvalue weighted by molar-refractivity contribution is 4.88. The summed E-state index contributed by atoms with van der Waals surface area (Å²) in [7, 11) is 0. The number of ether oxygens (including phenoxy) is 1. The molecule has 1 aliphatic rings. The van der Waals surface area contributed by atoms with Crippen molar-refractivity contribution < 1.29 is 4.74 Å². The van der Waals surface area contributed by atoms with Crippen LogP contribution in [0.3, 0.4) is 0 Å². The van der Waals surface area contributed by atoms with Gasteiger partial charge in [0.2, 0.25) is 0 Å². The highest BCUT2D eigenvalue weighted by Gasteiger charge is 2.34. The van der Waals surface area contributed by atoms with Gasteiger partial charge in [0, 0.05) is 13.2 Å². The van der Waals surface area contributed by atoms with Crippen LogP contribution in [0.25, 0.3) is 0 Å². The Morgan fingerprint density at radius 1 is 1.29 bits per heavy atom. The maximum Gasteiger partial charge on any atom is 0.0804 e. The predicted molar refractivity (Wildman–Crippen MR) is 74.1 cm³/mol. The van der Waals surface area contributed by atoms with E-state index in [0.717, 1.165) is 18.4 Å². The molecule has 2 N–H and O–H groups in total. The Hall–Kier alpha value is -0.0800. The van der Waals surface area contributed by atoms with Crippen LogP contribution in [0, 0.1) is 11.8 Å². The van der Waals surface area contributed by atoms with Gasteiger partial charge < -0.3 is 10.5 Å². The first-order valence-electron chi connectivity index (χ1n) is 7.46. The molecule has 0 aromatic heterocycles. The van der Waals surface area contributed by atoms with Crippen molar-refractivity contribution in [3.8, 4) is 0 Å². The smallest absolute Gasteiger partial charge is 0.0804 e. The molecule has 0 aromatic carbocycles. The average molecular weight is 241 g/mol. The SMILES string of the molecule is CCC1CCC(CN)(OCCCC(C)C)CC1. The number of hydrogen-bond acceptors (Lipinski definition) is 2. The molecule has 102 valence electrons. The van der Waals surface area contributed by atoms with Crippen LogP contribution >= 0.6 is 0 Å². The summed E-state index contributed by atoms with van der Waals surface area (Å²) in [6.45, 7) is 8.43. The van der Waals surface area contributed by atoms with Gasteiger partial charge in [0.05, 0.1) is 5.60 Å². The molecule has 0 amide bonds. The molecule has 0 unspecified atom stereocenters. The molecule has 0 aliphatic heterocycles. The summed E-state index contributed by atoms with van der Waals surface area (Å²) < 4.78 is 6.14. The number of rotatable bonds is 7. The molecule has 0 aromatic rings. The number of nitrogens with two attached hydrogens (primary N) is 1. The van der Waals surface area contributed by atoms with Crippen molar-refractivity contribution in [3.63, 3.8) is 0 Å². The van der Waals surface area contributed by atoms with E-state index in [9.17, 15) is 0 Å². The molecule has 1 saturated carbocycles. The quantitative estimate of drug-likeness (QED) is 0.689. The summed E-state index contributed by atoms with van der Waals surface area (Å²) in [6.07, 6.45) is 8.70. The van der Waals surface area contributed by atoms with Crippen molar-refractivity contribution in [1.82, 2.24) is 0 Å². The van der Waals surface area contributed by atoms with Gasteiger partial charge in [-0.15, -0.1) is 0 Å². The lowest BCUT2D eigenvalue weighted by molar-refractivity contribution is -0.0730. The Kier molecular flexibility index (Phi) is 6.50. The Balaban J connectivity index is 2.27. The topological polar surface area (TPSA) is 35.2 Å². The van der Waals surface area contributed by atoms with Gasteiger partial charge in [-0.1, -0.05) is 27.2 Å². The van der Waals surface area contributed by atoms with Gasteiger partial charge in [-0.2, -0.15) is 0 Å². The lowest BCUT2D eigenvalue weighted by Gasteiger charge is -2.39. The van der Waals surface area contributed by atoms with Crippen LogP contribution in [0.15, 0.2) is 0 Å². The standard InChI is InChI=1S/C15H31NO/c1-4-14-7-9-15(12-16,10-8-14)17-11-5-6-13(2)3/h13-14H,4-12,16H2,1-3H3.